The summed E-state index contributed by atoms with van der Waals surface area (Å²) < 4.78 is 0. The van der Waals surface area contributed by atoms with Gasteiger partial charge in [-0.1, -0.05) is 35.4 Å². The number of nitrogens with one attached hydrogen (secondary N) is 1. The fourth-order valence-electron chi connectivity index (χ4n) is 0.250. The van der Waals surface area contributed by atoms with Crippen LogP contribution in [0.4, 0.5) is 0 Å². The molecule has 0 aromatic heterocycles. The molecule has 0 aromatic carbocycles. The van der Waals surface area contributed by atoms with Crippen LogP contribution in [0.2, 0.25) is 0 Å². The molecule has 9 heavy (non-hydrogen) atoms. The van der Waals surface area contributed by atoms with Crippen LogP contribution in [0.5, 0.6) is 0 Å². The van der Waals surface area contributed by atoms with Gasteiger partial charge in [0.05, 0.1) is 0 Å². The Morgan fingerprint density at radius 2 is 1.33 bits per heavy atom. The van der Waals surface area contributed by atoms with Crippen LogP contribution in [0.1, 0.15) is 13.8 Å². The first-order chi connectivity index (χ1) is 4.33. The maximum absolute atomic E-state index is 3.11. The van der Waals surface area contributed by atoms with E-state index in [1.54, 1.807) is 21.6 Å². The van der Waals surface area contributed by atoms with Gasteiger partial charge in [0, 0.05) is 0 Å². The van der Waals surface area contributed by atoms with Crippen LogP contribution in [0.25, 0.3) is 0 Å². The lowest BCUT2D eigenvalue weighted by Crippen LogP contribution is -2.09. The Morgan fingerprint density at radius 3 is 1.33 bits per heavy atom. The fraction of sp³-hybridized carbons (Fsp3) is 1.00. The number of hydrogen-bond acceptors (Lipinski definition) is 3. The Hall–Kier alpha value is 0.660. The summed E-state index contributed by atoms with van der Waals surface area (Å²) in [6.07, 6.45) is 4.12. The van der Waals surface area contributed by atoms with Gasteiger partial charge in [0.2, 0.25) is 0 Å². The highest BCUT2D eigenvalue weighted by atomic mass is 33.1. The van der Waals surface area contributed by atoms with Gasteiger partial charge in [-0.2, -0.15) is 0 Å². The summed E-state index contributed by atoms with van der Waals surface area (Å²) >= 11 is 0. The molecule has 3 heteroatoms. The van der Waals surface area contributed by atoms with E-state index < -0.39 is 0 Å². The van der Waals surface area contributed by atoms with Crippen molar-refractivity contribution in [3.63, 3.8) is 0 Å². The van der Waals surface area contributed by atoms with Crippen molar-refractivity contribution in [2.24, 2.45) is 0 Å². The number of hydrogen-bond donors (Lipinski definition) is 1. The van der Waals surface area contributed by atoms with Crippen molar-refractivity contribution in [2.75, 3.05) is 25.6 Å². The van der Waals surface area contributed by atoms with Gasteiger partial charge in [-0.15, -0.1) is 0 Å². The first-order valence-corrected chi connectivity index (χ1v) is 6.07. The second kappa shape index (κ2) is 15.9. The minimum atomic E-state index is 1.09. The van der Waals surface area contributed by atoms with Crippen LogP contribution in [0, 0.1) is 0 Å². The van der Waals surface area contributed by atoms with Gasteiger partial charge < -0.3 is 5.32 Å². The first-order valence-electron chi connectivity index (χ1n) is 3.10. The maximum atomic E-state index is 3.11. The van der Waals surface area contributed by atoms with E-state index in [1.807, 2.05) is 0 Å². The van der Waals surface area contributed by atoms with Gasteiger partial charge in [-0.3, -0.25) is 0 Å². The average molecular weight is 167 g/mol. The van der Waals surface area contributed by atoms with E-state index in [4.69, 9.17) is 0 Å². The van der Waals surface area contributed by atoms with E-state index in [0.717, 1.165) is 13.1 Å². The lowest BCUT2D eigenvalue weighted by molar-refractivity contribution is 0.762. The molecule has 0 aliphatic heterocycles. The Labute approximate surface area is 66.8 Å². The minimum Gasteiger partial charge on any atom is -0.317 e. The second-order valence-electron chi connectivity index (χ2n) is 1.29. The molecule has 0 amide bonds. The third-order valence-electron chi connectivity index (χ3n) is 0.667. The zero-order valence-electron chi connectivity index (χ0n) is 6.73. The summed E-state index contributed by atoms with van der Waals surface area (Å²) in [6.45, 7) is 6.39. The second-order valence-corrected chi connectivity index (χ2v) is 3.96. The molecule has 0 spiro atoms. The predicted octanol–water partition coefficient (Wildman–Crippen LogP) is 2.24. The smallest absolute Gasteiger partial charge is 0.00775 e. The van der Waals surface area contributed by atoms with E-state index in [1.165, 1.54) is 0 Å². The Balaban J connectivity index is 0. The molecule has 1 nitrogen and oxygen atoms in total. The van der Waals surface area contributed by atoms with Gasteiger partial charge in [-0.25, -0.2) is 0 Å². The zero-order chi connectivity index (χ0) is 7.54. The summed E-state index contributed by atoms with van der Waals surface area (Å²) in [6, 6.07) is 0. The van der Waals surface area contributed by atoms with Gasteiger partial charge in [0.25, 0.3) is 0 Å². The quantitative estimate of drug-likeness (QED) is 0.648. The molecule has 0 rings (SSSR count). The molecule has 0 aliphatic rings. The monoisotopic (exact) mass is 167 g/mol. The van der Waals surface area contributed by atoms with Crippen molar-refractivity contribution in [3.05, 3.63) is 0 Å². The van der Waals surface area contributed by atoms with Crippen LogP contribution in [-0.2, 0) is 0 Å². The molecule has 0 atom stereocenters. The molecule has 58 valence electrons. The van der Waals surface area contributed by atoms with Gasteiger partial charge in [0.15, 0.2) is 0 Å². The highest BCUT2D eigenvalue weighted by Crippen LogP contribution is 2.09. The van der Waals surface area contributed by atoms with E-state index in [0.29, 0.717) is 0 Å². The minimum absolute atomic E-state index is 1.09. The van der Waals surface area contributed by atoms with Crippen molar-refractivity contribution in [1.29, 1.82) is 0 Å². The summed E-state index contributed by atoms with van der Waals surface area (Å²) in [4.78, 5) is 0. The van der Waals surface area contributed by atoms with Crippen molar-refractivity contribution in [3.8, 4) is 0 Å². The predicted molar refractivity (Wildman–Crippen MR) is 51.2 cm³/mol. The molecule has 0 saturated carbocycles. The van der Waals surface area contributed by atoms with Crippen molar-refractivity contribution in [2.45, 2.75) is 13.8 Å². The lowest BCUT2D eigenvalue weighted by atomic mass is 10.7. The molecule has 0 saturated heterocycles. The average Bonchev–Trinajstić information content (AvgIpc) is 1.91. The van der Waals surface area contributed by atoms with E-state index >= 15 is 0 Å². The van der Waals surface area contributed by atoms with Crippen molar-refractivity contribution < 1.29 is 0 Å². The molecular formula is C6H17NS2. The largest absolute Gasteiger partial charge is 0.317 e. The normalized spacial score (nSPS) is 8.00. The van der Waals surface area contributed by atoms with Crippen molar-refractivity contribution in [1.82, 2.24) is 5.32 Å². The van der Waals surface area contributed by atoms with Gasteiger partial charge in [-0.05, 0) is 25.6 Å². The molecule has 0 fully saturated rings. The van der Waals surface area contributed by atoms with Gasteiger partial charge >= 0.3 is 0 Å². The zero-order valence-corrected chi connectivity index (χ0v) is 8.36. The summed E-state index contributed by atoms with van der Waals surface area (Å²) in [5.41, 5.74) is 0. The standard InChI is InChI=1S/C4H11N.C2H6S2/c1-3-5-4-2;1-3-4-2/h5H,3-4H2,1-2H3;1-2H3. The van der Waals surface area contributed by atoms with E-state index in [9.17, 15) is 0 Å². The van der Waals surface area contributed by atoms with Gasteiger partial charge in [0.1, 0.15) is 0 Å². The molecule has 1 N–H and O–H groups in total. The third kappa shape index (κ3) is 28.7. The molecule has 0 bridgehead atoms. The third-order valence-corrected chi connectivity index (χ3v) is 2.00. The van der Waals surface area contributed by atoms with E-state index in [-0.39, 0.29) is 0 Å². The van der Waals surface area contributed by atoms with Crippen LogP contribution < -0.4 is 5.32 Å². The summed E-state index contributed by atoms with van der Waals surface area (Å²) in [5.74, 6) is 0. The topological polar surface area (TPSA) is 12.0 Å². The lowest BCUT2D eigenvalue weighted by Gasteiger charge is -1.86. The number of rotatable bonds is 3. The Kier molecular flexibility index (Phi) is 21.8. The molecule has 0 aromatic rings. The molecule has 0 unspecified atom stereocenters. The van der Waals surface area contributed by atoms with Crippen LogP contribution in [0.3, 0.4) is 0 Å². The first kappa shape index (κ1) is 12.3. The van der Waals surface area contributed by atoms with Crippen LogP contribution in [0.15, 0.2) is 0 Å². The maximum Gasteiger partial charge on any atom is -0.00775 e. The SMILES string of the molecule is CCNCC.CSSC. The van der Waals surface area contributed by atoms with Crippen molar-refractivity contribution >= 4 is 21.6 Å². The molecule has 0 heterocycles. The van der Waals surface area contributed by atoms with Crippen LogP contribution in [-0.4, -0.2) is 25.6 Å². The Bertz CT molecular complexity index is 30.2. The van der Waals surface area contributed by atoms with E-state index in [2.05, 4.69) is 31.7 Å². The Morgan fingerprint density at radius 1 is 1.00 bits per heavy atom. The van der Waals surface area contributed by atoms with Crippen LogP contribution >= 0.6 is 21.6 Å². The molecular weight excluding hydrogens is 150 g/mol. The summed E-state index contributed by atoms with van der Waals surface area (Å²) in [7, 11) is 3.55. The fourth-order valence-corrected chi connectivity index (χ4v) is 0.250. The highest BCUT2D eigenvalue weighted by molar-refractivity contribution is 8.76. The summed E-state index contributed by atoms with van der Waals surface area (Å²) in [5, 5.41) is 3.11. The molecule has 0 aliphatic carbocycles. The highest BCUT2D eigenvalue weighted by Gasteiger charge is 1.62. The molecule has 0 radical (unpaired) electrons.